The maximum Gasteiger partial charge on any atom is 0.310 e. The standard InChI is InChI=1S/C7H7NO3.C6H4ClNO2/c1-11-7-5-3-2-4-6(7)8(9)10;7-5-2-1-3-6(4-5)8(9)10/h2-5H,1H3;1-4H. The van der Waals surface area contributed by atoms with E-state index >= 15 is 0 Å². The molecule has 21 heavy (non-hydrogen) atoms. The van der Waals surface area contributed by atoms with Crippen LogP contribution >= 0.6 is 11.6 Å². The third-order valence-electron chi connectivity index (χ3n) is 2.30. The lowest BCUT2D eigenvalue weighted by molar-refractivity contribution is -0.385. The van der Waals surface area contributed by atoms with E-state index in [1.807, 2.05) is 0 Å². The highest BCUT2D eigenvalue weighted by molar-refractivity contribution is 6.30. The quantitative estimate of drug-likeness (QED) is 0.633. The van der Waals surface area contributed by atoms with Crippen LogP contribution < -0.4 is 4.74 Å². The second-order valence-corrected chi connectivity index (χ2v) is 4.10. The SMILES string of the molecule is COc1ccccc1[N+](=O)[O-].O=[N+]([O-])c1cccc(Cl)c1. The van der Waals surface area contributed by atoms with Crippen molar-refractivity contribution < 1.29 is 14.6 Å². The van der Waals surface area contributed by atoms with Gasteiger partial charge in [0, 0.05) is 23.2 Å². The minimum atomic E-state index is -0.480. The zero-order valence-corrected chi connectivity index (χ0v) is 11.7. The van der Waals surface area contributed by atoms with Gasteiger partial charge in [-0.15, -0.1) is 0 Å². The Balaban J connectivity index is 0.000000211. The van der Waals surface area contributed by atoms with E-state index in [-0.39, 0.29) is 17.1 Å². The van der Waals surface area contributed by atoms with Crippen molar-refractivity contribution in [2.24, 2.45) is 0 Å². The van der Waals surface area contributed by atoms with Crippen molar-refractivity contribution in [2.75, 3.05) is 7.11 Å². The summed E-state index contributed by atoms with van der Waals surface area (Å²) in [5.41, 5.74) is 0.0162. The molecule has 0 aliphatic carbocycles. The largest absolute Gasteiger partial charge is 0.490 e. The van der Waals surface area contributed by atoms with Crippen molar-refractivity contribution in [3.05, 3.63) is 73.8 Å². The molecule has 0 bridgehead atoms. The molecule has 2 aromatic rings. The van der Waals surface area contributed by atoms with Crippen LogP contribution in [0.15, 0.2) is 48.5 Å². The van der Waals surface area contributed by atoms with Crippen molar-refractivity contribution in [3.8, 4) is 5.75 Å². The smallest absolute Gasteiger partial charge is 0.310 e. The van der Waals surface area contributed by atoms with Gasteiger partial charge in [0.05, 0.1) is 17.0 Å². The number of nitro benzene ring substituents is 2. The number of nitrogens with zero attached hydrogens (tertiary/aromatic N) is 2. The lowest BCUT2D eigenvalue weighted by atomic mass is 10.3. The molecular formula is C13H11ClN2O5. The van der Waals surface area contributed by atoms with Gasteiger partial charge < -0.3 is 4.74 Å². The van der Waals surface area contributed by atoms with E-state index in [1.54, 1.807) is 30.3 Å². The first kappa shape index (κ1) is 16.4. The number of non-ortho nitro benzene ring substituents is 1. The summed E-state index contributed by atoms with van der Waals surface area (Å²) < 4.78 is 4.76. The third-order valence-corrected chi connectivity index (χ3v) is 2.54. The third kappa shape index (κ3) is 5.07. The Morgan fingerprint density at radius 1 is 1.00 bits per heavy atom. The Morgan fingerprint density at radius 3 is 2.10 bits per heavy atom. The molecule has 0 aliphatic rings. The van der Waals surface area contributed by atoms with Gasteiger partial charge in [-0.05, 0) is 12.1 Å². The maximum atomic E-state index is 10.3. The summed E-state index contributed by atoms with van der Waals surface area (Å²) in [7, 11) is 1.41. The van der Waals surface area contributed by atoms with E-state index in [4.69, 9.17) is 16.3 Å². The maximum absolute atomic E-state index is 10.3. The monoisotopic (exact) mass is 310 g/mol. The Hall–Kier alpha value is -2.67. The van der Waals surface area contributed by atoms with E-state index in [1.165, 1.54) is 25.3 Å². The summed E-state index contributed by atoms with van der Waals surface area (Å²) in [6.45, 7) is 0. The predicted octanol–water partition coefficient (Wildman–Crippen LogP) is 3.85. The molecule has 0 aliphatic heterocycles. The normalized spacial score (nSPS) is 9.24. The number of methoxy groups -OCH3 is 1. The second-order valence-electron chi connectivity index (χ2n) is 3.67. The van der Waals surface area contributed by atoms with E-state index in [2.05, 4.69) is 0 Å². The van der Waals surface area contributed by atoms with Crippen LogP contribution in [0.3, 0.4) is 0 Å². The van der Waals surface area contributed by atoms with Crippen molar-refractivity contribution in [1.82, 2.24) is 0 Å². The summed E-state index contributed by atoms with van der Waals surface area (Å²) in [5.74, 6) is 0.289. The van der Waals surface area contributed by atoms with Gasteiger partial charge in [-0.3, -0.25) is 20.2 Å². The van der Waals surface area contributed by atoms with Crippen LogP contribution in [-0.4, -0.2) is 17.0 Å². The first-order valence-corrected chi connectivity index (χ1v) is 6.01. The molecule has 0 spiro atoms. The van der Waals surface area contributed by atoms with Crippen LogP contribution in [0.4, 0.5) is 11.4 Å². The molecule has 0 saturated heterocycles. The lowest BCUT2D eigenvalue weighted by Gasteiger charge is -1.98. The fraction of sp³-hybridized carbons (Fsp3) is 0.0769. The summed E-state index contributed by atoms with van der Waals surface area (Å²) in [6, 6.07) is 12.1. The van der Waals surface area contributed by atoms with Crippen LogP contribution in [0.5, 0.6) is 5.75 Å². The average molecular weight is 311 g/mol. The highest BCUT2D eigenvalue weighted by Gasteiger charge is 2.11. The number of ether oxygens (including phenoxy) is 1. The van der Waals surface area contributed by atoms with Gasteiger partial charge in [0.2, 0.25) is 0 Å². The van der Waals surface area contributed by atoms with Crippen molar-refractivity contribution in [1.29, 1.82) is 0 Å². The van der Waals surface area contributed by atoms with E-state index < -0.39 is 9.85 Å². The van der Waals surface area contributed by atoms with Crippen LogP contribution in [0.2, 0.25) is 5.02 Å². The molecule has 7 nitrogen and oxygen atoms in total. The van der Waals surface area contributed by atoms with Crippen molar-refractivity contribution in [2.45, 2.75) is 0 Å². The van der Waals surface area contributed by atoms with E-state index in [9.17, 15) is 20.2 Å². The number of rotatable bonds is 3. The first-order valence-electron chi connectivity index (χ1n) is 5.63. The number of hydrogen-bond donors (Lipinski definition) is 0. The fourth-order valence-electron chi connectivity index (χ4n) is 1.37. The number of hydrogen-bond acceptors (Lipinski definition) is 5. The summed E-state index contributed by atoms with van der Waals surface area (Å²) >= 11 is 5.48. The Bertz CT molecular complexity index is 648. The van der Waals surface area contributed by atoms with E-state index in [0.29, 0.717) is 5.02 Å². The van der Waals surface area contributed by atoms with Crippen LogP contribution in [0.1, 0.15) is 0 Å². The summed E-state index contributed by atoms with van der Waals surface area (Å²) in [4.78, 5) is 19.5. The average Bonchev–Trinajstić information content (AvgIpc) is 2.47. The molecule has 0 radical (unpaired) electrons. The summed E-state index contributed by atoms with van der Waals surface area (Å²) in [6.07, 6.45) is 0. The molecule has 110 valence electrons. The highest BCUT2D eigenvalue weighted by atomic mass is 35.5. The minimum Gasteiger partial charge on any atom is -0.490 e. The molecule has 0 saturated carbocycles. The number of halogens is 1. The molecule has 0 heterocycles. The number of para-hydroxylation sites is 2. The molecule has 8 heteroatoms. The van der Waals surface area contributed by atoms with Crippen LogP contribution in [0.25, 0.3) is 0 Å². The molecular weight excluding hydrogens is 300 g/mol. The zero-order chi connectivity index (χ0) is 15.8. The van der Waals surface area contributed by atoms with Crippen molar-refractivity contribution >= 4 is 23.0 Å². The molecule has 0 N–H and O–H groups in total. The predicted molar refractivity (Wildman–Crippen MR) is 77.8 cm³/mol. The van der Waals surface area contributed by atoms with Gasteiger partial charge >= 0.3 is 5.69 Å². The Kier molecular flexibility index (Phi) is 6.09. The Labute approximate surface area is 125 Å². The fourth-order valence-corrected chi connectivity index (χ4v) is 1.55. The van der Waals surface area contributed by atoms with Gasteiger partial charge in [-0.25, -0.2) is 0 Å². The number of benzene rings is 2. The molecule has 0 aromatic heterocycles. The van der Waals surface area contributed by atoms with Gasteiger partial charge in [0.1, 0.15) is 0 Å². The first-order chi connectivity index (χ1) is 9.95. The van der Waals surface area contributed by atoms with Crippen LogP contribution in [0, 0.1) is 20.2 Å². The topological polar surface area (TPSA) is 95.5 Å². The Morgan fingerprint density at radius 2 is 1.67 bits per heavy atom. The lowest BCUT2D eigenvalue weighted by Crippen LogP contribution is -1.92. The van der Waals surface area contributed by atoms with E-state index in [0.717, 1.165) is 0 Å². The zero-order valence-electron chi connectivity index (χ0n) is 10.9. The van der Waals surface area contributed by atoms with Gasteiger partial charge in [-0.1, -0.05) is 29.8 Å². The highest BCUT2D eigenvalue weighted by Crippen LogP contribution is 2.24. The molecule has 0 unspecified atom stereocenters. The van der Waals surface area contributed by atoms with Gasteiger partial charge in [0.15, 0.2) is 5.75 Å². The second kappa shape index (κ2) is 7.81. The molecule has 0 atom stereocenters. The van der Waals surface area contributed by atoms with Crippen molar-refractivity contribution in [3.63, 3.8) is 0 Å². The van der Waals surface area contributed by atoms with Gasteiger partial charge in [-0.2, -0.15) is 0 Å². The number of nitro groups is 2. The minimum absolute atomic E-state index is 0.00463. The molecule has 2 aromatic carbocycles. The van der Waals surface area contributed by atoms with Gasteiger partial charge in [0.25, 0.3) is 5.69 Å². The summed E-state index contributed by atoms with van der Waals surface area (Å²) in [5, 5.41) is 20.8. The van der Waals surface area contributed by atoms with Crippen LogP contribution in [-0.2, 0) is 0 Å². The molecule has 0 amide bonds. The molecule has 2 rings (SSSR count). The molecule has 0 fully saturated rings.